The Bertz CT molecular complexity index is 441. The lowest BCUT2D eigenvalue weighted by Crippen LogP contribution is -2.68. The number of halogens is 1. The Hall–Kier alpha value is -1.11. The van der Waals surface area contributed by atoms with Crippen molar-refractivity contribution in [2.75, 3.05) is 14.2 Å². The van der Waals surface area contributed by atoms with Gasteiger partial charge in [0.15, 0.2) is 0 Å². The zero-order valence-corrected chi connectivity index (χ0v) is 14.9. The van der Waals surface area contributed by atoms with Gasteiger partial charge in [-0.2, -0.15) is 0 Å². The van der Waals surface area contributed by atoms with Crippen molar-refractivity contribution in [3.63, 3.8) is 0 Å². The molecule has 5 unspecified atom stereocenters. The van der Waals surface area contributed by atoms with E-state index in [9.17, 15) is 14.4 Å². The highest BCUT2D eigenvalue weighted by Crippen LogP contribution is 2.29. The number of likely N-dealkylation sites (N-methyl/N-ethyl adjacent to an activating group) is 1. The second-order valence-electron chi connectivity index (χ2n) is 5.53. The summed E-state index contributed by atoms with van der Waals surface area (Å²) in [5.41, 5.74) is 0. The van der Waals surface area contributed by atoms with Gasteiger partial charge in [0.05, 0.1) is 23.9 Å². The van der Waals surface area contributed by atoms with Crippen molar-refractivity contribution in [2.24, 2.45) is 5.92 Å². The predicted molar refractivity (Wildman–Crippen MR) is 81.9 cm³/mol. The van der Waals surface area contributed by atoms with Crippen molar-refractivity contribution < 1.29 is 19.1 Å². The van der Waals surface area contributed by atoms with Crippen molar-refractivity contribution in [3.05, 3.63) is 0 Å². The third-order valence-electron chi connectivity index (χ3n) is 4.23. The smallest absolute Gasteiger partial charge is 0.310 e. The van der Waals surface area contributed by atoms with Crippen molar-refractivity contribution >= 4 is 33.7 Å². The predicted octanol–water partition coefficient (Wildman–Crippen LogP) is 1.03. The number of carbonyl (C=O) groups excluding carboxylic acids is 3. The summed E-state index contributed by atoms with van der Waals surface area (Å²) in [6.45, 7) is 6.97. The van der Waals surface area contributed by atoms with Gasteiger partial charge in [-0.15, -0.1) is 0 Å². The largest absolute Gasteiger partial charge is 0.469 e. The molecule has 0 radical (unpaired) electrons. The lowest BCUT2D eigenvalue weighted by Gasteiger charge is -2.50. The van der Waals surface area contributed by atoms with Crippen molar-refractivity contribution in [2.45, 2.75) is 50.6 Å². The van der Waals surface area contributed by atoms with Crippen LogP contribution in [0.3, 0.4) is 0 Å². The molecule has 0 spiro atoms. The molecular formula is C14H23BrN2O4. The maximum atomic E-state index is 12.5. The summed E-state index contributed by atoms with van der Waals surface area (Å²) in [6, 6.07) is -1.28. The SMILES string of the molecule is COC(=O)C(C)C1C(C)N(C)C(=O)C(C)N1C(=O)C(C)Br. The molecule has 1 aliphatic rings. The van der Waals surface area contributed by atoms with E-state index >= 15 is 0 Å². The van der Waals surface area contributed by atoms with E-state index in [1.807, 2.05) is 6.92 Å². The Morgan fingerprint density at radius 3 is 2.24 bits per heavy atom. The van der Waals surface area contributed by atoms with Crippen molar-refractivity contribution in [1.82, 2.24) is 9.80 Å². The van der Waals surface area contributed by atoms with Crippen LogP contribution < -0.4 is 0 Å². The first-order valence-electron chi connectivity index (χ1n) is 6.95. The molecule has 0 aromatic carbocycles. The summed E-state index contributed by atoms with van der Waals surface area (Å²) in [4.78, 5) is 39.4. The Labute approximate surface area is 133 Å². The molecular weight excluding hydrogens is 340 g/mol. The molecule has 1 heterocycles. The number of hydrogen-bond acceptors (Lipinski definition) is 4. The normalized spacial score (nSPS) is 29.1. The number of ether oxygens (including phenoxy) is 1. The van der Waals surface area contributed by atoms with Gasteiger partial charge in [0.1, 0.15) is 6.04 Å². The number of amides is 2. The molecule has 1 saturated heterocycles. The van der Waals surface area contributed by atoms with Gasteiger partial charge in [0.2, 0.25) is 11.8 Å². The third kappa shape index (κ3) is 3.22. The van der Waals surface area contributed by atoms with Gasteiger partial charge < -0.3 is 14.5 Å². The van der Waals surface area contributed by atoms with Gasteiger partial charge in [-0.05, 0) is 27.7 Å². The summed E-state index contributed by atoms with van der Waals surface area (Å²) in [7, 11) is 3.02. The van der Waals surface area contributed by atoms with Gasteiger partial charge in [-0.1, -0.05) is 15.9 Å². The lowest BCUT2D eigenvalue weighted by molar-refractivity contribution is -0.165. The second kappa shape index (κ2) is 6.77. The molecule has 0 N–H and O–H groups in total. The number of rotatable bonds is 3. The van der Waals surface area contributed by atoms with E-state index in [0.717, 1.165) is 0 Å². The first-order valence-corrected chi connectivity index (χ1v) is 7.87. The summed E-state index contributed by atoms with van der Waals surface area (Å²) in [5.74, 6) is -1.23. The summed E-state index contributed by atoms with van der Waals surface area (Å²) in [6.07, 6.45) is 0. The van der Waals surface area contributed by atoms with E-state index in [0.29, 0.717) is 0 Å². The average Bonchev–Trinajstić information content (AvgIpc) is 2.46. The Morgan fingerprint density at radius 2 is 1.81 bits per heavy atom. The molecule has 1 fully saturated rings. The molecule has 5 atom stereocenters. The Balaban J connectivity index is 3.26. The van der Waals surface area contributed by atoms with Crippen molar-refractivity contribution in [1.29, 1.82) is 0 Å². The van der Waals surface area contributed by atoms with Crippen LogP contribution in [0.25, 0.3) is 0 Å². The maximum absolute atomic E-state index is 12.5. The fraction of sp³-hybridized carbons (Fsp3) is 0.786. The first kappa shape index (κ1) is 17.9. The summed E-state index contributed by atoms with van der Waals surface area (Å²) < 4.78 is 4.81. The van der Waals surface area contributed by atoms with Gasteiger partial charge in [0, 0.05) is 13.1 Å². The number of alkyl halides is 1. The molecule has 0 bridgehead atoms. The standard InChI is InChI=1S/C14H23BrN2O4/c1-7(14(20)21-6)11-9(3)16(5)13(19)10(4)17(11)12(18)8(2)15/h7-11H,1-6H3. The highest BCUT2D eigenvalue weighted by atomic mass is 79.9. The van der Waals surface area contributed by atoms with Crippen LogP contribution in [0.1, 0.15) is 27.7 Å². The van der Waals surface area contributed by atoms with Gasteiger partial charge in [0.25, 0.3) is 0 Å². The first-order chi connectivity index (χ1) is 9.64. The highest BCUT2D eigenvalue weighted by molar-refractivity contribution is 9.10. The van der Waals surface area contributed by atoms with Gasteiger partial charge in [-0.3, -0.25) is 14.4 Å². The number of carbonyl (C=O) groups is 3. The molecule has 1 rings (SSSR count). The topological polar surface area (TPSA) is 66.9 Å². The Kier molecular flexibility index (Phi) is 5.78. The van der Waals surface area contributed by atoms with Crippen LogP contribution in [0.2, 0.25) is 0 Å². The number of hydrogen-bond donors (Lipinski definition) is 0. The summed E-state index contributed by atoms with van der Waals surface area (Å²) >= 11 is 3.26. The maximum Gasteiger partial charge on any atom is 0.310 e. The molecule has 2 amide bonds. The average molecular weight is 363 g/mol. The van der Waals surface area contributed by atoms with Crippen LogP contribution in [-0.4, -0.2) is 64.7 Å². The highest BCUT2D eigenvalue weighted by Gasteiger charge is 2.48. The number of esters is 1. The van der Waals surface area contributed by atoms with E-state index in [-0.39, 0.29) is 23.8 Å². The van der Waals surface area contributed by atoms with Gasteiger partial charge in [-0.25, -0.2) is 0 Å². The molecule has 0 aromatic heterocycles. The van der Waals surface area contributed by atoms with E-state index in [1.165, 1.54) is 12.0 Å². The van der Waals surface area contributed by atoms with E-state index in [1.54, 1.807) is 32.7 Å². The molecule has 7 heteroatoms. The van der Waals surface area contributed by atoms with Crippen LogP contribution in [0.5, 0.6) is 0 Å². The fourth-order valence-corrected chi connectivity index (χ4v) is 3.10. The van der Waals surface area contributed by atoms with Crippen LogP contribution >= 0.6 is 15.9 Å². The molecule has 0 aliphatic carbocycles. The van der Waals surface area contributed by atoms with E-state index < -0.39 is 22.8 Å². The monoisotopic (exact) mass is 362 g/mol. The third-order valence-corrected chi connectivity index (χ3v) is 4.62. The van der Waals surface area contributed by atoms with Crippen LogP contribution in [-0.2, 0) is 19.1 Å². The van der Waals surface area contributed by atoms with Crippen LogP contribution in [0, 0.1) is 5.92 Å². The summed E-state index contributed by atoms with van der Waals surface area (Å²) in [5, 5.41) is 0. The Morgan fingerprint density at radius 1 is 1.29 bits per heavy atom. The minimum Gasteiger partial charge on any atom is -0.469 e. The van der Waals surface area contributed by atoms with Crippen LogP contribution in [0.4, 0.5) is 0 Å². The van der Waals surface area contributed by atoms with E-state index in [4.69, 9.17) is 4.74 Å². The minimum atomic E-state index is -0.601. The zero-order chi connectivity index (χ0) is 16.5. The fourth-order valence-electron chi connectivity index (χ4n) is 2.86. The lowest BCUT2D eigenvalue weighted by atomic mass is 9.88. The number of nitrogens with zero attached hydrogens (tertiary/aromatic N) is 2. The molecule has 0 saturated carbocycles. The molecule has 21 heavy (non-hydrogen) atoms. The minimum absolute atomic E-state index is 0.127. The second-order valence-corrected chi connectivity index (χ2v) is 6.90. The molecule has 120 valence electrons. The van der Waals surface area contributed by atoms with Crippen molar-refractivity contribution in [3.8, 4) is 0 Å². The quantitative estimate of drug-likeness (QED) is 0.555. The zero-order valence-electron chi connectivity index (χ0n) is 13.3. The number of piperazine rings is 1. The molecule has 6 nitrogen and oxygen atoms in total. The van der Waals surface area contributed by atoms with Crippen LogP contribution in [0.15, 0.2) is 0 Å². The van der Waals surface area contributed by atoms with Gasteiger partial charge >= 0.3 is 5.97 Å². The molecule has 0 aromatic rings. The van der Waals surface area contributed by atoms with E-state index in [2.05, 4.69) is 15.9 Å². The number of methoxy groups -OCH3 is 1. The molecule has 1 aliphatic heterocycles.